The molecule has 0 aliphatic carbocycles. The van der Waals surface area contributed by atoms with Crippen LogP contribution in [0, 0.1) is 6.92 Å². The number of rotatable bonds is 0. The molecular weight excluding hydrogens is 224 g/mol. The van der Waals surface area contributed by atoms with Crippen LogP contribution in [0.2, 0.25) is 0 Å². The predicted molar refractivity (Wildman–Crippen MR) is 71.9 cm³/mol. The Morgan fingerprint density at radius 2 is 1.83 bits per heavy atom. The molecule has 0 unspecified atom stereocenters. The van der Waals surface area contributed by atoms with E-state index in [1.165, 1.54) is 0 Å². The van der Waals surface area contributed by atoms with E-state index in [0.29, 0.717) is 0 Å². The lowest BCUT2D eigenvalue weighted by Gasteiger charge is -2.35. The molecule has 0 saturated heterocycles. The van der Waals surface area contributed by atoms with Crippen LogP contribution in [0.15, 0.2) is 36.4 Å². The van der Waals surface area contributed by atoms with E-state index in [4.69, 9.17) is 4.74 Å². The van der Waals surface area contributed by atoms with Crippen LogP contribution >= 0.6 is 0 Å². The fourth-order valence-electron chi connectivity index (χ4n) is 2.64. The van der Waals surface area contributed by atoms with Gasteiger partial charge in [-0.1, -0.05) is 24.3 Å². The molecule has 1 heterocycles. The largest absolute Gasteiger partial charge is 0.507 e. The first-order chi connectivity index (χ1) is 8.49. The van der Waals surface area contributed by atoms with Crippen molar-refractivity contribution in [1.29, 1.82) is 0 Å². The number of benzene rings is 2. The number of aryl methyl sites for hydroxylation is 1. The molecule has 3 rings (SSSR count). The SMILES string of the molecule is Cc1cc(O)c2c(c1)OC(C)(C)c1ccccc1-2. The highest BCUT2D eigenvalue weighted by atomic mass is 16.5. The monoisotopic (exact) mass is 240 g/mol. The average molecular weight is 240 g/mol. The highest BCUT2D eigenvalue weighted by molar-refractivity contribution is 5.81. The second-order valence-electron chi connectivity index (χ2n) is 5.32. The number of phenolic OH excluding ortho intramolecular Hbond substituents is 1. The second-order valence-corrected chi connectivity index (χ2v) is 5.32. The Bertz CT molecular complexity index is 627. The summed E-state index contributed by atoms with van der Waals surface area (Å²) in [7, 11) is 0. The molecule has 0 saturated carbocycles. The van der Waals surface area contributed by atoms with E-state index in [1.807, 2.05) is 45.0 Å². The molecule has 0 bridgehead atoms. The van der Waals surface area contributed by atoms with Gasteiger partial charge in [-0.05, 0) is 44.0 Å². The minimum atomic E-state index is -0.371. The van der Waals surface area contributed by atoms with Gasteiger partial charge in [-0.2, -0.15) is 0 Å². The maximum atomic E-state index is 10.2. The molecule has 1 N–H and O–H groups in total. The third-order valence-electron chi connectivity index (χ3n) is 3.44. The van der Waals surface area contributed by atoms with E-state index in [9.17, 15) is 5.11 Å². The van der Waals surface area contributed by atoms with E-state index < -0.39 is 0 Å². The second kappa shape index (κ2) is 3.52. The van der Waals surface area contributed by atoms with Crippen molar-refractivity contribution >= 4 is 0 Å². The molecule has 0 atom stereocenters. The number of fused-ring (bicyclic) bond motifs is 3. The first-order valence-electron chi connectivity index (χ1n) is 6.11. The Morgan fingerprint density at radius 1 is 1.11 bits per heavy atom. The van der Waals surface area contributed by atoms with Gasteiger partial charge in [0, 0.05) is 5.56 Å². The lowest BCUT2D eigenvalue weighted by atomic mass is 9.85. The first kappa shape index (κ1) is 11.1. The third-order valence-corrected chi connectivity index (χ3v) is 3.44. The summed E-state index contributed by atoms with van der Waals surface area (Å²) in [6.07, 6.45) is 0. The zero-order chi connectivity index (χ0) is 12.9. The van der Waals surface area contributed by atoms with Gasteiger partial charge in [0.2, 0.25) is 0 Å². The Morgan fingerprint density at radius 3 is 2.61 bits per heavy atom. The fourth-order valence-corrected chi connectivity index (χ4v) is 2.64. The maximum Gasteiger partial charge on any atom is 0.132 e. The average Bonchev–Trinajstić information content (AvgIpc) is 2.27. The molecule has 2 aromatic rings. The molecule has 0 fully saturated rings. The van der Waals surface area contributed by atoms with Crippen molar-refractivity contribution in [3.05, 3.63) is 47.5 Å². The van der Waals surface area contributed by atoms with Gasteiger partial charge in [-0.15, -0.1) is 0 Å². The smallest absolute Gasteiger partial charge is 0.132 e. The van der Waals surface area contributed by atoms with Crippen molar-refractivity contribution in [3.8, 4) is 22.6 Å². The summed E-state index contributed by atoms with van der Waals surface area (Å²) in [6.45, 7) is 6.05. The van der Waals surface area contributed by atoms with E-state index in [1.54, 1.807) is 6.07 Å². The summed E-state index contributed by atoms with van der Waals surface area (Å²) in [4.78, 5) is 0. The zero-order valence-electron chi connectivity index (χ0n) is 10.8. The van der Waals surface area contributed by atoms with Gasteiger partial charge >= 0.3 is 0 Å². The van der Waals surface area contributed by atoms with Crippen LogP contribution in [-0.2, 0) is 5.60 Å². The standard InChI is InChI=1S/C16H16O2/c1-10-8-13(17)15-11-6-4-5-7-12(11)16(2,3)18-14(15)9-10/h4-9,17H,1-3H3. The third kappa shape index (κ3) is 1.49. The van der Waals surface area contributed by atoms with E-state index in [0.717, 1.165) is 28.0 Å². The maximum absolute atomic E-state index is 10.2. The zero-order valence-corrected chi connectivity index (χ0v) is 10.8. The molecule has 1 aliphatic rings. The number of ether oxygens (including phenoxy) is 1. The quantitative estimate of drug-likeness (QED) is 0.754. The Balaban J connectivity index is 2.37. The van der Waals surface area contributed by atoms with Gasteiger partial charge < -0.3 is 9.84 Å². The molecule has 2 heteroatoms. The summed E-state index contributed by atoms with van der Waals surface area (Å²) in [5, 5.41) is 10.2. The van der Waals surface area contributed by atoms with Crippen LogP contribution in [-0.4, -0.2) is 5.11 Å². The molecular formula is C16H16O2. The number of hydrogen-bond donors (Lipinski definition) is 1. The van der Waals surface area contributed by atoms with Crippen LogP contribution in [0.1, 0.15) is 25.0 Å². The molecule has 2 aromatic carbocycles. The van der Waals surface area contributed by atoms with Crippen molar-refractivity contribution in [2.45, 2.75) is 26.4 Å². The molecule has 0 radical (unpaired) electrons. The minimum absolute atomic E-state index is 0.285. The Labute approximate surface area is 107 Å². The van der Waals surface area contributed by atoms with Gasteiger partial charge in [0.25, 0.3) is 0 Å². The van der Waals surface area contributed by atoms with E-state index >= 15 is 0 Å². The highest BCUT2D eigenvalue weighted by Gasteiger charge is 2.33. The van der Waals surface area contributed by atoms with E-state index in [2.05, 4.69) is 6.07 Å². The number of hydrogen-bond acceptors (Lipinski definition) is 2. The van der Waals surface area contributed by atoms with Crippen molar-refractivity contribution in [1.82, 2.24) is 0 Å². The molecule has 92 valence electrons. The van der Waals surface area contributed by atoms with Crippen molar-refractivity contribution in [2.75, 3.05) is 0 Å². The van der Waals surface area contributed by atoms with Gasteiger partial charge in [0.15, 0.2) is 0 Å². The van der Waals surface area contributed by atoms with Crippen LogP contribution in [0.4, 0.5) is 0 Å². The fraction of sp³-hybridized carbons (Fsp3) is 0.250. The predicted octanol–water partition coefficient (Wildman–Crippen LogP) is 4.00. The van der Waals surface area contributed by atoms with Crippen LogP contribution in [0.25, 0.3) is 11.1 Å². The molecule has 1 aliphatic heterocycles. The van der Waals surface area contributed by atoms with Gasteiger partial charge in [-0.25, -0.2) is 0 Å². The summed E-state index contributed by atoms with van der Waals surface area (Å²) in [5.74, 6) is 1.05. The van der Waals surface area contributed by atoms with Crippen LogP contribution in [0.3, 0.4) is 0 Å². The number of aromatic hydroxyl groups is 1. The molecule has 0 aromatic heterocycles. The summed E-state index contributed by atoms with van der Waals surface area (Å²) < 4.78 is 6.05. The van der Waals surface area contributed by atoms with Crippen molar-refractivity contribution in [2.24, 2.45) is 0 Å². The summed E-state index contributed by atoms with van der Waals surface area (Å²) >= 11 is 0. The van der Waals surface area contributed by atoms with Crippen LogP contribution in [0.5, 0.6) is 11.5 Å². The molecule has 2 nitrogen and oxygen atoms in total. The van der Waals surface area contributed by atoms with Crippen molar-refractivity contribution < 1.29 is 9.84 Å². The van der Waals surface area contributed by atoms with Crippen molar-refractivity contribution in [3.63, 3.8) is 0 Å². The topological polar surface area (TPSA) is 29.5 Å². The summed E-state index contributed by atoms with van der Waals surface area (Å²) in [5.41, 5.74) is 3.60. The summed E-state index contributed by atoms with van der Waals surface area (Å²) in [6, 6.07) is 11.8. The minimum Gasteiger partial charge on any atom is -0.507 e. The molecule has 0 amide bonds. The molecule has 18 heavy (non-hydrogen) atoms. The highest BCUT2D eigenvalue weighted by Crippen LogP contribution is 2.49. The number of phenols is 1. The Kier molecular flexibility index (Phi) is 2.18. The van der Waals surface area contributed by atoms with Gasteiger partial charge in [-0.3, -0.25) is 0 Å². The van der Waals surface area contributed by atoms with E-state index in [-0.39, 0.29) is 11.4 Å². The van der Waals surface area contributed by atoms with Crippen LogP contribution < -0.4 is 4.74 Å². The Hall–Kier alpha value is -1.96. The van der Waals surface area contributed by atoms with Gasteiger partial charge in [0.1, 0.15) is 17.1 Å². The van der Waals surface area contributed by atoms with Gasteiger partial charge in [0.05, 0.1) is 5.56 Å². The normalized spacial score (nSPS) is 15.5. The molecule has 0 spiro atoms. The lowest BCUT2D eigenvalue weighted by Crippen LogP contribution is -2.29. The first-order valence-corrected chi connectivity index (χ1v) is 6.11. The lowest BCUT2D eigenvalue weighted by molar-refractivity contribution is 0.105.